The van der Waals surface area contributed by atoms with Gasteiger partial charge in [-0.05, 0) is 12.5 Å². The number of hydrogen-bond donors (Lipinski definition) is 0. The van der Waals surface area contributed by atoms with Crippen molar-refractivity contribution in [1.82, 2.24) is 14.8 Å². The summed E-state index contributed by atoms with van der Waals surface area (Å²) >= 11 is 0. The molecule has 112 valence electrons. The molecule has 1 atom stereocenters. The van der Waals surface area contributed by atoms with Gasteiger partial charge in [-0.25, -0.2) is 4.98 Å². The van der Waals surface area contributed by atoms with E-state index in [2.05, 4.69) is 22.9 Å². The van der Waals surface area contributed by atoms with E-state index >= 15 is 0 Å². The molecule has 1 aromatic rings. The van der Waals surface area contributed by atoms with Crippen LogP contribution in [0.5, 0.6) is 0 Å². The fraction of sp³-hybridized carbons (Fsp3) is 0.533. The van der Waals surface area contributed by atoms with Gasteiger partial charge >= 0.3 is 0 Å². The van der Waals surface area contributed by atoms with Gasteiger partial charge in [-0.1, -0.05) is 13.3 Å². The minimum Gasteiger partial charge on any atom is -0.336 e. The van der Waals surface area contributed by atoms with Crippen molar-refractivity contribution in [3.05, 3.63) is 29.8 Å². The van der Waals surface area contributed by atoms with Gasteiger partial charge in [0, 0.05) is 44.0 Å². The number of carbonyl (C=O) groups excluding carboxylic acids is 1. The first-order chi connectivity index (χ1) is 10.2. The summed E-state index contributed by atoms with van der Waals surface area (Å²) in [5.74, 6) is -0.827. The molecule has 0 saturated carbocycles. The maximum absolute atomic E-state index is 13.1. The molecule has 6 heteroatoms. The molecule has 1 aliphatic rings. The summed E-state index contributed by atoms with van der Waals surface area (Å²) in [4.78, 5) is 19.5. The van der Waals surface area contributed by atoms with Crippen molar-refractivity contribution in [2.24, 2.45) is 0 Å². The third kappa shape index (κ3) is 3.76. The van der Waals surface area contributed by atoms with E-state index in [0.29, 0.717) is 31.7 Å². The van der Waals surface area contributed by atoms with E-state index in [9.17, 15) is 14.4 Å². The number of pyridine rings is 1. The zero-order valence-corrected chi connectivity index (χ0v) is 12.1. The number of hydrogen-bond acceptors (Lipinski definition) is 4. The van der Waals surface area contributed by atoms with E-state index in [1.807, 2.05) is 0 Å². The fourth-order valence-corrected chi connectivity index (χ4v) is 2.56. The van der Waals surface area contributed by atoms with Gasteiger partial charge in [0.1, 0.15) is 0 Å². The van der Waals surface area contributed by atoms with E-state index in [-0.39, 0.29) is 11.9 Å². The van der Waals surface area contributed by atoms with E-state index in [0.717, 1.165) is 18.9 Å². The normalized spacial score (nSPS) is 17.3. The van der Waals surface area contributed by atoms with Crippen molar-refractivity contribution in [2.45, 2.75) is 25.8 Å². The van der Waals surface area contributed by atoms with Gasteiger partial charge in [0.2, 0.25) is 5.95 Å². The second-order valence-electron chi connectivity index (χ2n) is 5.13. The molecule has 21 heavy (non-hydrogen) atoms. The van der Waals surface area contributed by atoms with Crippen LogP contribution in [0.15, 0.2) is 18.3 Å². The van der Waals surface area contributed by atoms with Crippen LogP contribution in [0.4, 0.5) is 4.39 Å². The number of rotatable bonds is 4. The molecule has 0 aliphatic carbocycles. The molecule has 1 amide bonds. The van der Waals surface area contributed by atoms with Gasteiger partial charge in [-0.15, -0.1) is 0 Å². The predicted molar refractivity (Wildman–Crippen MR) is 76.0 cm³/mol. The molecule has 1 fully saturated rings. The van der Waals surface area contributed by atoms with Crippen molar-refractivity contribution in [3.63, 3.8) is 0 Å². The molecule has 0 spiro atoms. The summed E-state index contributed by atoms with van der Waals surface area (Å²) in [5, 5.41) is 9.17. The highest BCUT2D eigenvalue weighted by Gasteiger charge is 2.26. The van der Waals surface area contributed by atoms with Gasteiger partial charge < -0.3 is 4.90 Å². The van der Waals surface area contributed by atoms with E-state index in [4.69, 9.17) is 0 Å². The van der Waals surface area contributed by atoms with Crippen LogP contribution < -0.4 is 0 Å². The number of carbonyl (C=O) groups is 1. The molecule has 0 bridgehead atoms. The van der Waals surface area contributed by atoms with Crippen LogP contribution in [0.2, 0.25) is 0 Å². The molecular weight excluding hydrogens is 271 g/mol. The Morgan fingerprint density at radius 3 is 2.76 bits per heavy atom. The molecule has 0 N–H and O–H groups in total. The molecule has 1 aromatic heterocycles. The maximum Gasteiger partial charge on any atom is 0.254 e. The largest absolute Gasteiger partial charge is 0.336 e. The SMILES string of the molecule is CCCC(C#N)N1CCN(C(=O)c2ccnc(F)c2)CC1. The Labute approximate surface area is 124 Å². The van der Waals surface area contributed by atoms with Gasteiger partial charge in [-0.2, -0.15) is 9.65 Å². The highest BCUT2D eigenvalue weighted by molar-refractivity contribution is 5.94. The lowest BCUT2D eigenvalue weighted by Gasteiger charge is -2.36. The lowest BCUT2D eigenvalue weighted by Crippen LogP contribution is -2.51. The molecule has 1 unspecified atom stereocenters. The number of aromatic nitrogens is 1. The summed E-state index contributed by atoms with van der Waals surface area (Å²) in [6, 6.07) is 4.92. The van der Waals surface area contributed by atoms with E-state index < -0.39 is 5.95 Å². The zero-order chi connectivity index (χ0) is 15.2. The minimum absolute atomic E-state index is 0.0781. The van der Waals surface area contributed by atoms with Crippen LogP contribution in [0, 0.1) is 17.3 Å². The number of piperazine rings is 1. The fourth-order valence-electron chi connectivity index (χ4n) is 2.56. The third-order valence-corrected chi connectivity index (χ3v) is 3.73. The quantitative estimate of drug-likeness (QED) is 0.791. The lowest BCUT2D eigenvalue weighted by molar-refractivity contribution is 0.0600. The average Bonchev–Trinajstić information content (AvgIpc) is 2.52. The molecule has 1 saturated heterocycles. The zero-order valence-electron chi connectivity index (χ0n) is 12.1. The van der Waals surface area contributed by atoms with Crippen molar-refractivity contribution in [2.75, 3.05) is 26.2 Å². The molecule has 2 rings (SSSR count). The molecular formula is C15H19FN4O. The second-order valence-corrected chi connectivity index (χ2v) is 5.13. The Balaban J connectivity index is 1.95. The molecule has 1 aliphatic heterocycles. The highest BCUT2D eigenvalue weighted by atomic mass is 19.1. The molecule has 5 nitrogen and oxygen atoms in total. The van der Waals surface area contributed by atoms with Gasteiger partial charge in [0.15, 0.2) is 0 Å². The highest BCUT2D eigenvalue weighted by Crippen LogP contribution is 2.13. The first-order valence-electron chi connectivity index (χ1n) is 7.20. The maximum atomic E-state index is 13.1. The van der Waals surface area contributed by atoms with Crippen LogP contribution in [-0.2, 0) is 0 Å². The Bertz CT molecular complexity index is 535. The topological polar surface area (TPSA) is 60.2 Å². The Morgan fingerprint density at radius 2 is 2.19 bits per heavy atom. The Hall–Kier alpha value is -2.00. The molecule has 2 heterocycles. The second kappa shape index (κ2) is 7.14. The van der Waals surface area contributed by atoms with Crippen molar-refractivity contribution in [3.8, 4) is 6.07 Å². The van der Waals surface area contributed by atoms with Gasteiger partial charge in [0.05, 0.1) is 12.1 Å². The standard InChI is InChI=1S/C15H19FN4O/c1-2-3-13(11-17)19-6-8-20(9-7-19)15(21)12-4-5-18-14(16)10-12/h4-5,10,13H,2-3,6-9H2,1H3. The van der Waals surface area contributed by atoms with E-state index in [1.54, 1.807) is 4.90 Å². The number of nitrogens with zero attached hydrogens (tertiary/aromatic N) is 4. The Morgan fingerprint density at radius 1 is 1.48 bits per heavy atom. The molecule has 0 aromatic carbocycles. The van der Waals surface area contributed by atoms with Crippen molar-refractivity contribution < 1.29 is 9.18 Å². The monoisotopic (exact) mass is 290 g/mol. The van der Waals surface area contributed by atoms with Crippen LogP contribution in [-0.4, -0.2) is 52.9 Å². The summed E-state index contributed by atoms with van der Waals surface area (Å²) in [7, 11) is 0. The first kappa shape index (κ1) is 15.4. The molecule has 0 radical (unpaired) electrons. The third-order valence-electron chi connectivity index (χ3n) is 3.73. The summed E-state index contributed by atoms with van der Waals surface area (Å²) in [6.45, 7) is 4.53. The minimum atomic E-state index is -0.646. The van der Waals surface area contributed by atoms with Crippen LogP contribution in [0.1, 0.15) is 30.1 Å². The number of amides is 1. The van der Waals surface area contributed by atoms with E-state index in [1.165, 1.54) is 12.3 Å². The predicted octanol–water partition coefficient (Wildman–Crippen LogP) is 1.67. The number of nitriles is 1. The van der Waals surface area contributed by atoms with Gasteiger partial charge in [0.25, 0.3) is 5.91 Å². The average molecular weight is 290 g/mol. The van der Waals surface area contributed by atoms with Crippen molar-refractivity contribution >= 4 is 5.91 Å². The van der Waals surface area contributed by atoms with Crippen LogP contribution >= 0.6 is 0 Å². The van der Waals surface area contributed by atoms with Crippen LogP contribution in [0.3, 0.4) is 0 Å². The first-order valence-corrected chi connectivity index (χ1v) is 7.20. The smallest absolute Gasteiger partial charge is 0.254 e. The summed E-state index contributed by atoms with van der Waals surface area (Å²) < 4.78 is 13.1. The summed E-state index contributed by atoms with van der Waals surface area (Å²) in [6.07, 6.45) is 3.11. The summed E-state index contributed by atoms with van der Waals surface area (Å²) in [5.41, 5.74) is 0.321. The Kier molecular flexibility index (Phi) is 5.23. The van der Waals surface area contributed by atoms with Gasteiger partial charge in [-0.3, -0.25) is 9.69 Å². The number of halogens is 1. The lowest BCUT2D eigenvalue weighted by atomic mass is 10.1. The van der Waals surface area contributed by atoms with Crippen LogP contribution in [0.25, 0.3) is 0 Å². The van der Waals surface area contributed by atoms with Crippen molar-refractivity contribution in [1.29, 1.82) is 5.26 Å².